The van der Waals surface area contributed by atoms with Crippen molar-refractivity contribution >= 4 is 16.7 Å². The summed E-state index contributed by atoms with van der Waals surface area (Å²) in [5, 5.41) is 0. The molecule has 6 heteroatoms. The maximum absolute atomic E-state index is 12.4. The van der Waals surface area contributed by atoms with Crippen molar-refractivity contribution in [1.29, 1.82) is 0 Å². The Labute approximate surface area is 76.7 Å². The van der Waals surface area contributed by atoms with Gasteiger partial charge in [0, 0.05) is 0 Å². The average Bonchev–Trinajstić information content (AvgIpc) is 2.50. The van der Waals surface area contributed by atoms with E-state index in [0.717, 1.165) is 6.07 Å². The molecule has 0 radical (unpaired) electrons. The van der Waals surface area contributed by atoms with E-state index in [1.165, 1.54) is 12.4 Å². The molecule has 14 heavy (non-hydrogen) atoms. The van der Waals surface area contributed by atoms with Crippen molar-refractivity contribution in [3.05, 3.63) is 24.0 Å². The Kier molecular flexibility index (Phi) is 1.67. The van der Waals surface area contributed by atoms with Crippen LogP contribution >= 0.6 is 0 Å². The number of nitrogens with zero attached hydrogens (tertiary/aromatic N) is 1. The molecule has 74 valence electrons. The van der Waals surface area contributed by atoms with Crippen LogP contribution in [0.3, 0.4) is 0 Å². The number of aromatic amines is 1. The zero-order valence-electron chi connectivity index (χ0n) is 6.89. The van der Waals surface area contributed by atoms with E-state index in [4.69, 9.17) is 5.73 Å². The number of hydrogen-bond acceptors (Lipinski definition) is 2. The minimum absolute atomic E-state index is 0.141. The Morgan fingerprint density at radius 1 is 1.29 bits per heavy atom. The highest BCUT2D eigenvalue weighted by Crippen LogP contribution is 2.34. The number of aromatic nitrogens is 2. The van der Waals surface area contributed by atoms with Gasteiger partial charge >= 0.3 is 6.18 Å². The van der Waals surface area contributed by atoms with Crippen molar-refractivity contribution in [2.45, 2.75) is 6.18 Å². The lowest BCUT2D eigenvalue weighted by atomic mass is 10.1. The van der Waals surface area contributed by atoms with Gasteiger partial charge in [-0.1, -0.05) is 0 Å². The molecule has 1 aromatic carbocycles. The van der Waals surface area contributed by atoms with Crippen molar-refractivity contribution < 1.29 is 13.2 Å². The molecule has 2 rings (SSSR count). The zero-order valence-corrected chi connectivity index (χ0v) is 6.89. The third-order valence-corrected chi connectivity index (χ3v) is 1.92. The van der Waals surface area contributed by atoms with Gasteiger partial charge in [-0.25, -0.2) is 4.98 Å². The van der Waals surface area contributed by atoms with Crippen LogP contribution < -0.4 is 5.73 Å². The minimum Gasteiger partial charge on any atom is -0.397 e. The van der Waals surface area contributed by atoms with E-state index >= 15 is 0 Å². The second kappa shape index (κ2) is 2.63. The molecular weight excluding hydrogens is 195 g/mol. The van der Waals surface area contributed by atoms with Crippen molar-refractivity contribution in [1.82, 2.24) is 9.97 Å². The number of rotatable bonds is 0. The zero-order chi connectivity index (χ0) is 10.3. The van der Waals surface area contributed by atoms with Crippen LogP contribution in [-0.4, -0.2) is 9.97 Å². The van der Waals surface area contributed by atoms with Gasteiger partial charge < -0.3 is 10.7 Å². The Morgan fingerprint density at radius 2 is 2.00 bits per heavy atom. The molecule has 0 atom stereocenters. The molecule has 3 nitrogen and oxygen atoms in total. The monoisotopic (exact) mass is 201 g/mol. The van der Waals surface area contributed by atoms with Crippen LogP contribution in [-0.2, 0) is 6.18 Å². The van der Waals surface area contributed by atoms with E-state index in [1.807, 2.05) is 0 Å². The van der Waals surface area contributed by atoms with Gasteiger partial charge in [-0.3, -0.25) is 0 Å². The summed E-state index contributed by atoms with van der Waals surface area (Å²) in [7, 11) is 0. The molecule has 0 aliphatic rings. The Morgan fingerprint density at radius 3 is 2.64 bits per heavy atom. The lowest BCUT2D eigenvalue weighted by Crippen LogP contribution is -2.06. The molecule has 1 heterocycles. The van der Waals surface area contributed by atoms with Gasteiger partial charge in [-0.15, -0.1) is 0 Å². The maximum atomic E-state index is 12.4. The fraction of sp³-hybridized carbons (Fsp3) is 0.125. The Hall–Kier alpha value is -1.72. The van der Waals surface area contributed by atoms with E-state index in [2.05, 4.69) is 9.97 Å². The van der Waals surface area contributed by atoms with Crippen LogP contribution in [0.2, 0.25) is 0 Å². The first-order valence-electron chi connectivity index (χ1n) is 3.79. The summed E-state index contributed by atoms with van der Waals surface area (Å²) in [5.41, 5.74) is 5.04. The molecule has 0 aliphatic carbocycles. The standard InChI is InChI=1S/C8H6F3N3/c9-8(10,11)4-1-2-5(12)7-6(4)13-3-14-7/h1-3H,12H2,(H,13,14). The van der Waals surface area contributed by atoms with Gasteiger partial charge in [0.25, 0.3) is 0 Å². The van der Waals surface area contributed by atoms with Gasteiger partial charge in [0.1, 0.15) is 5.52 Å². The highest BCUT2D eigenvalue weighted by molar-refractivity contribution is 5.89. The number of nitrogen functional groups attached to an aromatic ring is 1. The molecule has 0 bridgehead atoms. The lowest BCUT2D eigenvalue weighted by Gasteiger charge is -2.07. The van der Waals surface area contributed by atoms with E-state index in [9.17, 15) is 13.2 Å². The summed E-state index contributed by atoms with van der Waals surface area (Å²) in [6.45, 7) is 0. The first-order chi connectivity index (χ1) is 6.50. The molecule has 0 saturated carbocycles. The number of alkyl halides is 3. The smallest absolute Gasteiger partial charge is 0.397 e. The predicted molar refractivity (Wildman–Crippen MR) is 45.5 cm³/mol. The van der Waals surface area contributed by atoms with Crippen LogP contribution in [0.25, 0.3) is 11.0 Å². The van der Waals surface area contributed by atoms with E-state index in [0.29, 0.717) is 0 Å². The van der Waals surface area contributed by atoms with Gasteiger partial charge in [-0.05, 0) is 12.1 Å². The number of H-pyrrole nitrogens is 1. The van der Waals surface area contributed by atoms with Crippen molar-refractivity contribution in [3.63, 3.8) is 0 Å². The molecule has 0 aliphatic heterocycles. The average molecular weight is 201 g/mol. The number of halogens is 3. The summed E-state index contributed by atoms with van der Waals surface area (Å²) in [6, 6.07) is 2.14. The second-order valence-corrected chi connectivity index (χ2v) is 2.83. The molecule has 1 aromatic heterocycles. The Bertz CT molecular complexity index is 472. The van der Waals surface area contributed by atoms with Crippen molar-refractivity contribution in [2.24, 2.45) is 0 Å². The second-order valence-electron chi connectivity index (χ2n) is 2.83. The summed E-state index contributed by atoms with van der Waals surface area (Å²) >= 11 is 0. The van der Waals surface area contributed by atoms with Crippen molar-refractivity contribution in [2.75, 3.05) is 5.73 Å². The molecular formula is C8H6F3N3. The van der Waals surface area contributed by atoms with E-state index in [1.54, 1.807) is 0 Å². The van der Waals surface area contributed by atoms with Gasteiger partial charge in [0.15, 0.2) is 0 Å². The molecule has 3 N–H and O–H groups in total. The van der Waals surface area contributed by atoms with E-state index in [-0.39, 0.29) is 16.7 Å². The van der Waals surface area contributed by atoms with Crippen LogP contribution in [0, 0.1) is 0 Å². The number of nitrogens with two attached hydrogens (primary N) is 1. The molecule has 2 aromatic rings. The number of nitrogens with one attached hydrogen (secondary N) is 1. The highest BCUT2D eigenvalue weighted by Gasteiger charge is 2.33. The SMILES string of the molecule is Nc1ccc(C(F)(F)F)c2nc[nH]c12. The summed E-state index contributed by atoms with van der Waals surface area (Å²) in [6.07, 6.45) is -3.21. The number of benzene rings is 1. The van der Waals surface area contributed by atoms with Crippen molar-refractivity contribution in [3.8, 4) is 0 Å². The molecule has 0 amide bonds. The fourth-order valence-corrected chi connectivity index (χ4v) is 1.28. The van der Waals surface area contributed by atoms with E-state index < -0.39 is 11.7 Å². The predicted octanol–water partition coefficient (Wildman–Crippen LogP) is 2.16. The molecule has 0 fully saturated rings. The first-order valence-corrected chi connectivity index (χ1v) is 3.79. The summed E-state index contributed by atoms with van der Waals surface area (Å²) < 4.78 is 37.3. The molecule has 0 unspecified atom stereocenters. The fourth-order valence-electron chi connectivity index (χ4n) is 1.28. The number of imidazole rings is 1. The largest absolute Gasteiger partial charge is 0.418 e. The Balaban J connectivity index is 2.80. The van der Waals surface area contributed by atoms with Crippen LogP contribution in [0.5, 0.6) is 0 Å². The van der Waals surface area contributed by atoms with Gasteiger partial charge in [-0.2, -0.15) is 13.2 Å². The maximum Gasteiger partial charge on any atom is 0.418 e. The molecule has 0 spiro atoms. The lowest BCUT2D eigenvalue weighted by molar-refractivity contribution is -0.136. The van der Waals surface area contributed by atoms with Gasteiger partial charge in [0.2, 0.25) is 0 Å². The third-order valence-electron chi connectivity index (χ3n) is 1.92. The summed E-state index contributed by atoms with van der Waals surface area (Å²) in [4.78, 5) is 6.15. The normalized spacial score (nSPS) is 12.2. The van der Waals surface area contributed by atoms with Crippen LogP contribution in [0.4, 0.5) is 18.9 Å². The van der Waals surface area contributed by atoms with Crippen LogP contribution in [0.15, 0.2) is 18.5 Å². The molecule has 0 saturated heterocycles. The first kappa shape index (κ1) is 8.86. The number of hydrogen-bond donors (Lipinski definition) is 2. The van der Waals surface area contributed by atoms with Gasteiger partial charge in [0.05, 0.1) is 23.1 Å². The number of anilines is 1. The highest BCUT2D eigenvalue weighted by atomic mass is 19.4. The number of fused-ring (bicyclic) bond motifs is 1. The van der Waals surface area contributed by atoms with Crippen LogP contribution in [0.1, 0.15) is 5.56 Å². The quantitative estimate of drug-likeness (QED) is 0.641. The topological polar surface area (TPSA) is 54.7 Å². The summed E-state index contributed by atoms with van der Waals surface area (Å²) in [5.74, 6) is 0. The third kappa shape index (κ3) is 1.19. The minimum atomic E-state index is -4.40.